The first-order valence-corrected chi connectivity index (χ1v) is 3.62. The summed E-state index contributed by atoms with van der Waals surface area (Å²) in [4.78, 5) is 0. The Balaban J connectivity index is 3.11. The van der Waals surface area contributed by atoms with E-state index in [1.807, 2.05) is 0 Å². The van der Waals surface area contributed by atoms with Crippen LogP contribution in [0.5, 0.6) is 0 Å². The molecule has 0 aromatic carbocycles. The van der Waals surface area contributed by atoms with E-state index in [1.54, 1.807) is 0 Å². The van der Waals surface area contributed by atoms with Crippen LogP contribution in [0.1, 0.15) is 20.8 Å². The van der Waals surface area contributed by atoms with Gasteiger partial charge in [0.25, 0.3) is 0 Å². The molecule has 0 aliphatic heterocycles. The predicted molar refractivity (Wildman–Crippen MR) is 38.8 cm³/mol. The number of hydrogen-bond donors (Lipinski definition) is 1. The highest BCUT2D eigenvalue weighted by Crippen LogP contribution is 1.96. The average Bonchev–Trinajstić information content (AvgIpc) is 1.59. The molecule has 0 spiro atoms. The smallest absolute Gasteiger partial charge is 0.147 e. The molecular weight excluding hydrogens is 118 g/mol. The second kappa shape index (κ2) is 3.22. The fourth-order valence-electron chi connectivity index (χ4n) is 0.289. The van der Waals surface area contributed by atoms with Gasteiger partial charge < -0.3 is 4.43 Å². The highest BCUT2D eigenvalue weighted by atomic mass is 28.2. The zero-order chi connectivity index (χ0) is 6.62. The van der Waals surface area contributed by atoms with Gasteiger partial charge in [-0.25, -0.2) is 0 Å². The minimum absolute atomic E-state index is 0.199. The monoisotopic (exact) mass is 133 g/mol. The lowest BCUT2D eigenvalue weighted by atomic mass is 10.1. The van der Waals surface area contributed by atoms with Crippen molar-refractivity contribution in [1.29, 1.82) is 0 Å². The van der Waals surface area contributed by atoms with Crippen LogP contribution in [0.4, 0.5) is 0 Å². The summed E-state index contributed by atoms with van der Waals surface area (Å²) in [5, 5.41) is 3.18. The van der Waals surface area contributed by atoms with E-state index in [2.05, 4.69) is 26.1 Å². The van der Waals surface area contributed by atoms with Gasteiger partial charge >= 0.3 is 0 Å². The van der Waals surface area contributed by atoms with Crippen LogP contribution in [-0.2, 0) is 4.43 Å². The maximum atomic E-state index is 4.95. The minimum atomic E-state index is 0.199. The Morgan fingerprint density at radius 2 is 2.00 bits per heavy atom. The molecule has 0 saturated carbocycles. The lowest BCUT2D eigenvalue weighted by Gasteiger charge is -2.19. The molecule has 0 atom stereocenters. The molecule has 0 saturated heterocycles. The zero-order valence-electron chi connectivity index (χ0n) is 6.12. The summed E-state index contributed by atoms with van der Waals surface area (Å²) in [6.45, 7) is 7.05. The van der Waals surface area contributed by atoms with Crippen molar-refractivity contribution in [1.82, 2.24) is 5.32 Å². The van der Waals surface area contributed by atoms with Crippen molar-refractivity contribution >= 4 is 10.5 Å². The summed E-state index contributed by atoms with van der Waals surface area (Å²) in [6.07, 6.45) is 0. The molecule has 50 valence electrons. The van der Waals surface area contributed by atoms with Gasteiger partial charge in [0.2, 0.25) is 0 Å². The van der Waals surface area contributed by atoms with Crippen molar-refractivity contribution < 1.29 is 4.43 Å². The second-order valence-corrected chi connectivity index (χ2v) is 3.44. The van der Waals surface area contributed by atoms with Crippen molar-refractivity contribution in [3.05, 3.63) is 0 Å². The topological polar surface area (TPSA) is 21.3 Å². The fraction of sp³-hybridized carbons (Fsp3) is 1.00. The Bertz CT molecular complexity index is 59.9. The molecule has 0 aromatic heterocycles. The highest BCUT2D eigenvalue weighted by Gasteiger charge is 2.05. The third kappa shape index (κ3) is 6.14. The standard InChI is InChI=1S/C5H15NOSi/c1-5(2,3)6-4-7-8/h6H,4H2,1-3,8H3. The molecule has 0 bridgehead atoms. The Morgan fingerprint density at radius 1 is 1.50 bits per heavy atom. The third-order valence-electron chi connectivity index (χ3n) is 0.747. The van der Waals surface area contributed by atoms with Crippen LogP contribution in [0, 0.1) is 0 Å². The number of rotatable bonds is 2. The van der Waals surface area contributed by atoms with Gasteiger partial charge in [-0.2, -0.15) is 0 Å². The van der Waals surface area contributed by atoms with E-state index in [1.165, 1.54) is 0 Å². The van der Waals surface area contributed by atoms with Gasteiger partial charge in [0.05, 0.1) is 6.73 Å². The van der Waals surface area contributed by atoms with E-state index in [9.17, 15) is 0 Å². The van der Waals surface area contributed by atoms with Crippen LogP contribution >= 0.6 is 0 Å². The Kier molecular flexibility index (Phi) is 3.27. The molecule has 0 rings (SSSR count). The Hall–Kier alpha value is 0.137. The van der Waals surface area contributed by atoms with Crippen LogP contribution < -0.4 is 5.32 Å². The highest BCUT2D eigenvalue weighted by molar-refractivity contribution is 5.97. The minimum Gasteiger partial charge on any atom is -0.415 e. The van der Waals surface area contributed by atoms with E-state index in [0.717, 1.165) is 10.5 Å². The van der Waals surface area contributed by atoms with Gasteiger partial charge in [-0.05, 0) is 20.8 Å². The lowest BCUT2D eigenvalue weighted by Crippen LogP contribution is -2.37. The van der Waals surface area contributed by atoms with E-state index in [4.69, 9.17) is 4.43 Å². The number of hydrogen-bond acceptors (Lipinski definition) is 2. The maximum absolute atomic E-state index is 4.95. The molecule has 1 N–H and O–H groups in total. The largest absolute Gasteiger partial charge is 0.415 e. The SMILES string of the molecule is CC(C)(C)NCO[SiH3]. The Morgan fingerprint density at radius 3 is 2.12 bits per heavy atom. The summed E-state index contributed by atoms with van der Waals surface area (Å²) >= 11 is 0. The van der Waals surface area contributed by atoms with Crippen LogP contribution in [0.3, 0.4) is 0 Å². The fourth-order valence-corrected chi connectivity index (χ4v) is 0.433. The van der Waals surface area contributed by atoms with Crippen molar-refractivity contribution in [2.45, 2.75) is 26.3 Å². The molecule has 0 heterocycles. The lowest BCUT2D eigenvalue weighted by molar-refractivity contribution is 0.255. The van der Waals surface area contributed by atoms with Gasteiger partial charge in [0.1, 0.15) is 10.5 Å². The summed E-state index contributed by atoms with van der Waals surface area (Å²) in [7, 11) is 0.820. The summed E-state index contributed by atoms with van der Waals surface area (Å²) in [5.74, 6) is 0. The van der Waals surface area contributed by atoms with E-state index >= 15 is 0 Å². The Labute approximate surface area is 54.2 Å². The molecule has 0 aliphatic carbocycles. The molecule has 0 unspecified atom stereocenters. The van der Waals surface area contributed by atoms with E-state index in [-0.39, 0.29) is 5.54 Å². The molecule has 0 amide bonds. The van der Waals surface area contributed by atoms with Crippen molar-refractivity contribution in [3.63, 3.8) is 0 Å². The second-order valence-electron chi connectivity index (χ2n) is 2.86. The average molecular weight is 133 g/mol. The zero-order valence-corrected chi connectivity index (χ0v) is 8.12. The van der Waals surface area contributed by atoms with E-state index < -0.39 is 0 Å². The maximum Gasteiger partial charge on any atom is 0.147 e. The molecule has 2 nitrogen and oxygen atoms in total. The molecule has 0 aromatic rings. The van der Waals surface area contributed by atoms with E-state index in [0.29, 0.717) is 6.73 Å². The third-order valence-corrected chi connectivity index (χ3v) is 1.04. The molecular formula is C5H15NOSi. The predicted octanol–water partition coefficient (Wildman–Crippen LogP) is -0.371. The first-order chi connectivity index (χ1) is 3.56. The van der Waals surface area contributed by atoms with Crippen molar-refractivity contribution in [2.75, 3.05) is 6.73 Å². The van der Waals surface area contributed by atoms with Crippen LogP contribution in [0.2, 0.25) is 0 Å². The van der Waals surface area contributed by atoms with Gasteiger partial charge in [0.15, 0.2) is 0 Å². The molecule has 8 heavy (non-hydrogen) atoms. The van der Waals surface area contributed by atoms with Gasteiger partial charge in [0, 0.05) is 5.54 Å². The van der Waals surface area contributed by atoms with Crippen LogP contribution in [-0.4, -0.2) is 22.8 Å². The summed E-state index contributed by atoms with van der Waals surface area (Å²) in [5.41, 5.74) is 0.199. The molecule has 0 fully saturated rings. The first kappa shape index (κ1) is 8.14. The molecule has 0 radical (unpaired) electrons. The van der Waals surface area contributed by atoms with Crippen molar-refractivity contribution in [2.24, 2.45) is 0 Å². The molecule has 3 heteroatoms. The van der Waals surface area contributed by atoms with Crippen LogP contribution in [0.15, 0.2) is 0 Å². The summed E-state index contributed by atoms with van der Waals surface area (Å²) < 4.78 is 4.95. The summed E-state index contributed by atoms with van der Waals surface area (Å²) in [6, 6.07) is 0. The van der Waals surface area contributed by atoms with Gasteiger partial charge in [-0.3, -0.25) is 5.32 Å². The van der Waals surface area contributed by atoms with Crippen molar-refractivity contribution in [3.8, 4) is 0 Å². The molecule has 0 aliphatic rings. The normalized spacial score (nSPS) is 12.4. The van der Waals surface area contributed by atoms with Gasteiger partial charge in [-0.15, -0.1) is 0 Å². The number of nitrogens with one attached hydrogen (secondary N) is 1. The first-order valence-electron chi connectivity index (χ1n) is 2.80. The quantitative estimate of drug-likeness (QED) is 0.410. The van der Waals surface area contributed by atoms with Crippen LogP contribution in [0.25, 0.3) is 0 Å². The van der Waals surface area contributed by atoms with Gasteiger partial charge in [-0.1, -0.05) is 0 Å².